The Morgan fingerprint density at radius 1 is 1.50 bits per heavy atom. The van der Waals surface area contributed by atoms with Crippen LogP contribution in [-0.2, 0) is 11.0 Å². The summed E-state index contributed by atoms with van der Waals surface area (Å²) in [6.45, 7) is -0.354. The number of hydrogen-bond acceptors (Lipinski definition) is 5. The molecule has 0 radical (unpaired) electrons. The molecule has 1 saturated heterocycles. The van der Waals surface area contributed by atoms with Gasteiger partial charge in [0.05, 0.1) is 11.6 Å². The fourth-order valence-corrected chi connectivity index (χ4v) is 3.22. The van der Waals surface area contributed by atoms with Gasteiger partial charge in [0.1, 0.15) is 18.5 Å². The summed E-state index contributed by atoms with van der Waals surface area (Å²) in [6, 6.07) is 4.52. The van der Waals surface area contributed by atoms with Gasteiger partial charge in [-0.25, -0.2) is 0 Å². The molecule has 0 unspecified atom stereocenters. The first kappa shape index (κ1) is 18.9. The number of aliphatic hydroxyl groups excluding tert-OH is 1. The molecule has 1 aliphatic rings. The molecule has 1 aromatic rings. The Morgan fingerprint density at radius 3 is 2.83 bits per heavy atom. The fourth-order valence-electron chi connectivity index (χ4n) is 2.29. The summed E-state index contributed by atoms with van der Waals surface area (Å²) in [5.74, 6) is 0.861. The number of hydrogen-bond donors (Lipinski definition) is 2. The first-order valence-electron chi connectivity index (χ1n) is 7.32. The predicted octanol–water partition coefficient (Wildman–Crippen LogP) is 1.57. The normalized spacial score (nSPS) is 19.1. The maximum atomic E-state index is 12.9. The molecule has 5 nitrogen and oxygen atoms in total. The zero-order valence-corrected chi connectivity index (χ0v) is 13.9. The molecule has 2 rings (SSSR count). The summed E-state index contributed by atoms with van der Waals surface area (Å²) >= 11 is 1.61. The topological polar surface area (TPSA) is 61.8 Å². The molecule has 0 spiro atoms. The van der Waals surface area contributed by atoms with E-state index in [1.165, 1.54) is 23.1 Å². The van der Waals surface area contributed by atoms with E-state index >= 15 is 0 Å². The van der Waals surface area contributed by atoms with Crippen molar-refractivity contribution in [2.75, 3.05) is 31.8 Å². The van der Waals surface area contributed by atoms with Gasteiger partial charge in [0.25, 0.3) is 0 Å². The highest BCUT2D eigenvalue weighted by molar-refractivity contribution is 7.99. The first-order valence-corrected chi connectivity index (χ1v) is 8.47. The molecule has 0 aliphatic carbocycles. The molecule has 1 amide bonds. The summed E-state index contributed by atoms with van der Waals surface area (Å²) in [5, 5.41) is 13.0. The maximum Gasteiger partial charge on any atom is 0.419 e. The highest BCUT2D eigenvalue weighted by Gasteiger charge is 2.34. The molecule has 1 heterocycles. The number of carbonyl (C=O) groups is 1. The van der Waals surface area contributed by atoms with Crippen LogP contribution in [-0.4, -0.2) is 59.9 Å². The second kappa shape index (κ2) is 8.09. The van der Waals surface area contributed by atoms with Crippen LogP contribution in [0.25, 0.3) is 0 Å². The van der Waals surface area contributed by atoms with E-state index in [0.29, 0.717) is 11.6 Å². The van der Waals surface area contributed by atoms with Crippen LogP contribution in [0.5, 0.6) is 5.75 Å². The smallest absolute Gasteiger partial charge is 0.419 e. The number of thioether (sulfide) groups is 1. The molecular formula is C15H19F3N2O3S. The summed E-state index contributed by atoms with van der Waals surface area (Å²) < 4.78 is 43.7. The van der Waals surface area contributed by atoms with E-state index in [4.69, 9.17) is 4.74 Å². The molecule has 1 aliphatic heterocycles. The van der Waals surface area contributed by atoms with E-state index in [2.05, 4.69) is 5.32 Å². The minimum Gasteiger partial charge on any atom is -0.490 e. The van der Waals surface area contributed by atoms with Gasteiger partial charge in [-0.05, 0) is 12.1 Å². The maximum absolute atomic E-state index is 12.9. The molecule has 1 fully saturated rings. The third-order valence-corrected chi connectivity index (χ3v) is 4.44. The number of carbonyl (C=O) groups excluding carboxylic acids is 1. The zero-order valence-electron chi connectivity index (χ0n) is 13.0. The van der Waals surface area contributed by atoms with Crippen LogP contribution in [0.1, 0.15) is 5.56 Å². The van der Waals surface area contributed by atoms with Crippen LogP contribution in [0.3, 0.4) is 0 Å². The Hall–Kier alpha value is -1.45. The number of alkyl halides is 3. The van der Waals surface area contributed by atoms with Crippen molar-refractivity contribution in [3.63, 3.8) is 0 Å². The summed E-state index contributed by atoms with van der Waals surface area (Å²) in [5.41, 5.74) is -0.895. The van der Waals surface area contributed by atoms with Gasteiger partial charge < -0.3 is 14.7 Å². The van der Waals surface area contributed by atoms with Crippen LogP contribution in [0.4, 0.5) is 13.2 Å². The molecule has 9 heteroatoms. The van der Waals surface area contributed by atoms with Gasteiger partial charge in [-0.3, -0.25) is 10.1 Å². The number of likely N-dealkylation sites (N-methyl/N-ethyl adjacent to an activating group) is 1. The molecule has 2 atom stereocenters. The lowest BCUT2D eigenvalue weighted by molar-refractivity contribution is -0.139. The van der Waals surface area contributed by atoms with Gasteiger partial charge in [0.2, 0.25) is 5.91 Å². The second-order valence-corrected chi connectivity index (χ2v) is 6.48. The van der Waals surface area contributed by atoms with Gasteiger partial charge in [-0.1, -0.05) is 12.1 Å². The van der Waals surface area contributed by atoms with Gasteiger partial charge in [-0.2, -0.15) is 13.2 Å². The first-order chi connectivity index (χ1) is 11.3. The summed E-state index contributed by atoms with van der Waals surface area (Å²) in [4.78, 5) is 13.4. The number of rotatable bonds is 6. The van der Waals surface area contributed by atoms with Crippen LogP contribution >= 0.6 is 11.8 Å². The lowest BCUT2D eigenvalue weighted by Gasteiger charge is -2.24. The molecular weight excluding hydrogens is 345 g/mol. The van der Waals surface area contributed by atoms with Crippen molar-refractivity contribution >= 4 is 17.7 Å². The Bertz CT molecular complexity index is 565. The number of benzene rings is 1. The Labute approximate surface area is 142 Å². The highest BCUT2D eigenvalue weighted by atomic mass is 32.2. The van der Waals surface area contributed by atoms with Crippen LogP contribution in [0.15, 0.2) is 24.3 Å². The van der Waals surface area contributed by atoms with Crippen molar-refractivity contribution in [3.05, 3.63) is 29.8 Å². The SMILES string of the molecule is CN(C[C@@H](O)COc1ccccc1C(F)(F)F)C(=O)[C@H]1CSCN1. The van der Waals surface area contributed by atoms with Gasteiger partial charge >= 0.3 is 6.18 Å². The molecule has 134 valence electrons. The van der Waals surface area contributed by atoms with Crippen molar-refractivity contribution in [1.82, 2.24) is 10.2 Å². The van der Waals surface area contributed by atoms with E-state index in [1.807, 2.05) is 0 Å². The number of ether oxygens (including phenoxy) is 1. The van der Waals surface area contributed by atoms with Crippen molar-refractivity contribution in [3.8, 4) is 5.75 Å². The molecule has 2 N–H and O–H groups in total. The molecule has 0 aromatic heterocycles. The van der Waals surface area contributed by atoms with E-state index in [0.717, 1.165) is 6.07 Å². The Balaban J connectivity index is 1.87. The Morgan fingerprint density at radius 2 is 2.21 bits per heavy atom. The van der Waals surface area contributed by atoms with Crippen LogP contribution < -0.4 is 10.1 Å². The number of halogens is 3. The highest BCUT2D eigenvalue weighted by Crippen LogP contribution is 2.35. The standard InChI is InChI=1S/C15H19F3N2O3S/c1-20(14(22)12-8-24-9-19-12)6-10(21)7-23-13-5-3-2-4-11(13)15(16,17)18/h2-5,10,12,19,21H,6-9H2,1H3/t10-,12-/m1/s1. The van der Waals surface area contributed by atoms with Crippen LogP contribution in [0.2, 0.25) is 0 Å². The Kier molecular flexibility index (Phi) is 6.36. The number of nitrogens with zero attached hydrogens (tertiary/aromatic N) is 1. The largest absolute Gasteiger partial charge is 0.490 e. The number of amides is 1. The summed E-state index contributed by atoms with van der Waals surface area (Å²) in [6.07, 6.45) is -5.62. The van der Waals surface area contributed by atoms with Crippen molar-refractivity contribution in [2.24, 2.45) is 0 Å². The molecule has 1 aromatic carbocycles. The number of para-hydroxylation sites is 1. The lowest BCUT2D eigenvalue weighted by atomic mass is 10.2. The van der Waals surface area contributed by atoms with Gasteiger partial charge in [0.15, 0.2) is 0 Å². The molecule has 0 bridgehead atoms. The van der Waals surface area contributed by atoms with Crippen molar-refractivity contribution < 1.29 is 27.8 Å². The molecule has 24 heavy (non-hydrogen) atoms. The quantitative estimate of drug-likeness (QED) is 0.802. The minimum atomic E-state index is -4.53. The van der Waals surface area contributed by atoms with E-state index in [-0.39, 0.29) is 30.9 Å². The average molecular weight is 364 g/mol. The van der Waals surface area contributed by atoms with Crippen molar-refractivity contribution in [2.45, 2.75) is 18.3 Å². The lowest BCUT2D eigenvalue weighted by Crippen LogP contribution is -2.46. The minimum absolute atomic E-state index is 0.0180. The van der Waals surface area contributed by atoms with E-state index < -0.39 is 17.8 Å². The van der Waals surface area contributed by atoms with E-state index in [1.54, 1.807) is 18.8 Å². The van der Waals surface area contributed by atoms with Crippen LogP contribution in [0, 0.1) is 0 Å². The second-order valence-electron chi connectivity index (χ2n) is 5.45. The number of nitrogens with one attached hydrogen (secondary N) is 1. The monoisotopic (exact) mass is 364 g/mol. The third kappa shape index (κ3) is 5.02. The molecule has 0 saturated carbocycles. The van der Waals surface area contributed by atoms with Crippen molar-refractivity contribution in [1.29, 1.82) is 0 Å². The fraction of sp³-hybridized carbons (Fsp3) is 0.533. The van der Waals surface area contributed by atoms with Gasteiger partial charge in [0, 0.05) is 25.2 Å². The zero-order chi connectivity index (χ0) is 17.7. The predicted molar refractivity (Wildman–Crippen MR) is 84.8 cm³/mol. The van der Waals surface area contributed by atoms with Gasteiger partial charge in [-0.15, -0.1) is 11.8 Å². The number of aliphatic hydroxyl groups is 1. The van der Waals surface area contributed by atoms with E-state index in [9.17, 15) is 23.1 Å². The third-order valence-electron chi connectivity index (χ3n) is 3.50. The average Bonchev–Trinajstić information content (AvgIpc) is 3.06. The summed E-state index contributed by atoms with van der Waals surface area (Å²) in [7, 11) is 1.54.